The molecule has 0 saturated heterocycles. The number of sulfonamides is 1. The Morgan fingerprint density at radius 1 is 1.10 bits per heavy atom. The molecule has 1 heterocycles. The van der Waals surface area contributed by atoms with Crippen LogP contribution in [0.25, 0.3) is 10.9 Å². The van der Waals surface area contributed by atoms with Crippen molar-refractivity contribution in [3.63, 3.8) is 0 Å². The molecule has 0 atom stereocenters. The molecule has 0 spiro atoms. The van der Waals surface area contributed by atoms with Crippen LogP contribution in [0.3, 0.4) is 0 Å². The van der Waals surface area contributed by atoms with E-state index in [2.05, 4.69) is 29.0 Å². The number of nitrogens with two attached hydrogens (primary N) is 1. The second-order valence-electron chi connectivity index (χ2n) is 6.75. The number of azo groups is 1. The molecule has 1 aromatic heterocycles. The number of hydrogen-bond acceptors (Lipinski definition) is 6. The fraction of sp³-hybridized carbons (Fsp3) is 0.300. The standard InChI is InChI=1S/C20H24ClN5O3S/c1-3-25(4-2)11-12-26-18-10-5-14(21)13-17(18)19(20(26)27)24-23-15-6-8-16(9-7-15)30(22,28)29/h5-10,13,27H,3-4,11-12H2,1-2H3,(H2,22,28,29). The molecule has 0 bridgehead atoms. The number of primary sulfonamides is 1. The van der Waals surface area contributed by atoms with Crippen LogP contribution in [0.4, 0.5) is 11.4 Å². The van der Waals surface area contributed by atoms with Crippen LogP contribution in [0.2, 0.25) is 5.02 Å². The Morgan fingerprint density at radius 2 is 1.77 bits per heavy atom. The van der Waals surface area contributed by atoms with Crippen LogP contribution in [-0.2, 0) is 16.6 Å². The predicted molar refractivity (Wildman–Crippen MR) is 118 cm³/mol. The minimum absolute atomic E-state index is 0.00401. The summed E-state index contributed by atoms with van der Waals surface area (Å²) in [6.07, 6.45) is 0. The van der Waals surface area contributed by atoms with Crippen molar-refractivity contribution >= 4 is 43.9 Å². The van der Waals surface area contributed by atoms with E-state index in [-0.39, 0.29) is 10.8 Å². The summed E-state index contributed by atoms with van der Waals surface area (Å²) in [6, 6.07) is 11.0. The van der Waals surface area contributed by atoms with Gasteiger partial charge in [-0.3, -0.25) is 0 Å². The van der Waals surface area contributed by atoms with Crippen molar-refractivity contribution in [3.8, 4) is 5.88 Å². The van der Waals surface area contributed by atoms with Crippen molar-refractivity contribution in [2.24, 2.45) is 15.4 Å². The zero-order valence-electron chi connectivity index (χ0n) is 16.8. The highest BCUT2D eigenvalue weighted by atomic mass is 35.5. The highest BCUT2D eigenvalue weighted by Gasteiger charge is 2.17. The first-order valence-corrected chi connectivity index (χ1v) is 11.4. The highest BCUT2D eigenvalue weighted by molar-refractivity contribution is 7.89. The summed E-state index contributed by atoms with van der Waals surface area (Å²) in [7, 11) is -3.78. The van der Waals surface area contributed by atoms with Crippen molar-refractivity contribution in [2.45, 2.75) is 25.3 Å². The second kappa shape index (κ2) is 9.13. The average molecular weight is 450 g/mol. The molecule has 160 valence electrons. The summed E-state index contributed by atoms with van der Waals surface area (Å²) in [6.45, 7) is 7.39. The molecule has 2 aromatic carbocycles. The number of aromatic hydroxyl groups is 1. The first-order chi connectivity index (χ1) is 14.2. The third-order valence-corrected chi connectivity index (χ3v) is 6.10. The summed E-state index contributed by atoms with van der Waals surface area (Å²) in [5.74, 6) is 0.00401. The monoisotopic (exact) mass is 449 g/mol. The molecule has 0 amide bonds. The van der Waals surface area contributed by atoms with Gasteiger partial charge in [0.15, 0.2) is 5.69 Å². The molecule has 10 heteroatoms. The zero-order chi connectivity index (χ0) is 21.9. The minimum Gasteiger partial charge on any atom is -0.493 e. The van der Waals surface area contributed by atoms with Gasteiger partial charge in [0, 0.05) is 23.5 Å². The van der Waals surface area contributed by atoms with Crippen LogP contribution in [-0.4, -0.2) is 42.6 Å². The molecule has 3 aromatic rings. The Bertz CT molecular complexity index is 1170. The molecule has 0 fully saturated rings. The second-order valence-corrected chi connectivity index (χ2v) is 8.75. The molecular formula is C20H24ClN5O3S. The van der Waals surface area contributed by atoms with Crippen molar-refractivity contribution in [3.05, 3.63) is 47.5 Å². The summed E-state index contributed by atoms with van der Waals surface area (Å²) < 4.78 is 24.5. The zero-order valence-corrected chi connectivity index (χ0v) is 18.4. The van der Waals surface area contributed by atoms with E-state index in [1.54, 1.807) is 16.7 Å². The van der Waals surface area contributed by atoms with Crippen molar-refractivity contribution in [2.75, 3.05) is 19.6 Å². The van der Waals surface area contributed by atoms with E-state index >= 15 is 0 Å². The van der Waals surface area contributed by atoms with Crippen LogP contribution in [0, 0.1) is 0 Å². The number of halogens is 1. The third kappa shape index (κ3) is 4.81. The van der Waals surface area contributed by atoms with Gasteiger partial charge >= 0.3 is 0 Å². The van der Waals surface area contributed by atoms with Gasteiger partial charge in [-0.1, -0.05) is 25.4 Å². The molecule has 0 unspecified atom stereocenters. The molecule has 0 radical (unpaired) electrons. The first kappa shape index (κ1) is 22.2. The summed E-state index contributed by atoms with van der Waals surface area (Å²) in [5, 5.41) is 25.5. The van der Waals surface area contributed by atoms with E-state index in [4.69, 9.17) is 16.7 Å². The van der Waals surface area contributed by atoms with E-state index < -0.39 is 10.0 Å². The van der Waals surface area contributed by atoms with Crippen LogP contribution in [0.15, 0.2) is 57.6 Å². The van der Waals surface area contributed by atoms with Crippen molar-refractivity contribution in [1.29, 1.82) is 0 Å². The van der Waals surface area contributed by atoms with E-state index in [0.29, 0.717) is 28.3 Å². The lowest BCUT2D eigenvalue weighted by Gasteiger charge is -2.18. The largest absolute Gasteiger partial charge is 0.493 e. The molecule has 0 aliphatic heterocycles. The van der Waals surface area contributed by atoms with Gasteiger partial charge in [0.25, 0.3) is 0 Å². The number of fused-ring (bicyclic) bond motifs is 1. The summed E-state index contributed by atoms with van der Waals surface area (Å²) in [5.41, 5.74) is 1.54. The van der Waals surface area contributed by atoms with Gasteiger partial charge in [0.1, 0.15) is 0 Å². The minimum atomic E-state index is -3.78. The number of nitrogens with zero attached hydrogens (tertiary/aromatic N) is 4. The van der Waals surface area contributed by atoms with Gasteiger partial charge < -0.3 is 14.6 Å². The van der Waals surface area contributed by atoms with Crippen LogP contribution < -0.4 is 5.14 Å². The number of hydrogen-bond donors (Lipinski definition) is 2. The third-order valence-electron chi connectivity index (χ3n) is 4.94. The van der Waals surface area contributed by atoms with Gasteiger partial charge in [-0.15, -0.1) is 5.11 Å². The van der Waals surface area contributed by atoms with Gasteiger partial charge in [0.05, 0.1) is 16.1 Å². The van der Waals surface area contributed by atoms with Gasteiger partial charge in [-0.05, 0) is 55.6 Å². The normalized spacial score (nSPS) is 12.4. The van der Waals surface area contributed by atoms with Gasteiger partial charge in [-0.2, -0.15) is 5.11 Å². The Balaban J connectivity index is 1.97. The molecule has 8 nitrogen and oxygen atoms in total. The predicted octanol–water partition coefficient (Wildman–Crippen LogP) is 4.40. The fourth-order valence-electron chi connectivity index (χ4n) is 3.21. The Labute approximate surface area is 180 Å². The van der Waals surface area contributed by atoms with Crippen molar-refractivity contribution in [1.82, 2.24) is 9.47 Å². The highest BCUT2D eigenvalue weighted by Crippen LogP contribution is 2.40. The van der Waals surface area contributed by atoms with E-state index in [1.807, 2.05) is 6.07 Å². The fourth-order valence-corrected chi connectivity index (χ4v) is 3.90. The maximum atomic E-state index is 11.4. The van der Waals surface area contributed by atoms with Gasteiger partial charge in [0.2, 0.25) is 15.9 Å². The van der Waals surface area contributed by atoms with Crippen LogP contribution >= 0.6 is 11.6 Å². The van der Waals surface area contributed by atoms with Crippen molar-refractivity contribution < 1.29 is 13.5 Å². The lowest BCUT2D eigenvalue weighted by molar-refractivity contribution is 0.285. The molecule has 0 saturated carbocycles. The van der Waals surface area contributed by atoms with E-state index in [0.717, 1.165) is 25.2 Å². The number of likely N-dealkylation sites (N-methyl/N-ethyl adjacent to an activating group) is 1. The Hall–Kier alpha value is -2.46. The molecular weight excluding hydrogens is 426 g/mol. The summed E-state index contributed by atoms with van der Waals surface area (Å²) >= 11 is 6.16. The van der Waals surface area contributed by atoms with E-state index in [9.17, 15) is 13.5 Å². The smallest absolute Gasteiger partial charge is 0.238 e. The maximum absolute atomic E-state index is 11.4. The van der Waals surface area contributed by atoms with Crippen LogP contribution in [0.5, 0.6) is 5.88 Å². The molecule has 30 heavy (non-hydrogen) atoms. The first-order valence-electron chi connectivity index (χ1n) is 9.52. The molecule has 3 rings (SSSR count). The lowest BCUT2D eigenvalue weighted by atomic mass is 10.2. The number of aromatic nitrogens is 1. The number of rotatable bonds is 8. The SMILES string of the molecule is CCN(CC)CCn1c(O)c(N=Nc2ccc(S(N)(=O)=O)cc2)c2cc(Cl)ccc21. The average Bonchev–Trinajstić information content (AvgIpc) is 2.97. The lowest BCUT2D eigenvalue weighted by Crippen LogP contribution is -2.26. The Kier molecular flexibility index (Phi) is 6.77. The van der Waals surface area contributed by atoms with E-state index in [1.165, 1.54) is 24.3 Å². The molecule has 3 N–H and O–H groups in total. The summed E-state index contributed by atoms with van der Waals surface area (Å²) in [4.78, 5) is 2.25. The topological polar surface area (TPSA) is 113 Å². The molecule has 0 aliphatic rings. The quantitative estimate of drug-likeness (QED) is 0.496. The maximum Gasteiger partial charge on any atom is 0.238 e. The molecule has 0 aliphatic carbocycles. The van der Waals surface area contributed by atoms with Gasteiger partial charge in [-0.25, -0.2) is 13.6 Å². The van der Waals surface area contributed by atoms with Crippen LogP contribution in [0.1, 0.15) is 13.8 Å². The number of benzene rings is 2. The Morgan fingerprint density at radius 3 is 2.37 bits per heavy atom.